The van der Waals surface area contributed by atoms with Crippen LogP contribution in [0.2, 0.25) is 0 Å². The van der Waals surface area contributed by atoms with Gasteiger partial charge in [-0.05, 0) is 28.6 Å². The van der Waals surface area contributed by atoms with E-state index in [9.17, 15) is 4.39 Å². The van der Waals surface area contributed by atoms with Crippen molar-refractivity contribution in [1.29, 1.82) is 0 Å². The van der Waals surface area contributed by atoms with Crippen LogP contribution in [-0.4, -0.2) is 20.2 Å². The van der Waals surface area contributed by atoms with Gasteiger partial charge in [-0.1, -0.05) is 29.8 Å². The summed E-state index contributed by atoms with van der Waals surface area (Å²) < 4.78 is 15.8. The van der Waals surface area contributed by atoms with Gasteiger partial charge in [-0.25, -0.2) is 4.39 Å². The number of aromatic nitrogens is 4. The monoisotopic (exact) mass is 284 g/mol. The average molecular weight is 285 g/mol. The van der Waals surface area contributed by atoms with E-state index >= 15 is 0 Å². The maximum atomic E-state index is 13.7. The molecule has 0 amide bonds. The molecule has 0 saturated heterocycles. The average Bonchev–Trinajstić information content (AvgIpc) is 2.66. The maximum absolute atomic E-state index is 13.7. The molecule has 1 aromatic heterocycles. The van der Waals surface area contributed by atoms with Crippen molar-refractivity contribution in [3.63, 3.8) is 0 Å². The summed E-state index contributed by atoms with van der Waals surface area (Å²) in [6.45, 7) is 3.91. The lowest BCUT2D eigenvalue weighted by atomic mass is 10.2. The molecule has 0 bridgehead atoms. The molecule has 1 aromatic carbocycles. The Hall–Kier alpha value is -1.30. The van der Waals surface area contributed by atoms with Crippen LogP contribution in [0.1, 0.15) is 25.6 Å². The molecule has 0 saturated carbocycles. The van der Waals surface area contributed by atoms with Gasteiger partial charge >= 0.3 is 0 Å². The summed E-state index contributed by atoms with van der Waals surface area (Å²) in [5, 5.41) is 11.2. The minimum atomic E-state index is -0.358. The summed E-state index contributed by atoms with van der Waals surface area (Å²) in [6.07, 6.45) is 0. The molecule has 0 unspecified atom stereocenters. The number of benzene rings is 1. The van der Waals surface area contributed by atoms with Gasteiger partial charge in [0.1, 0.15) is 11.5 Å². The van der Waals surface area contributed by atoms with Crippen molar-refractivity contribution >= 4 is 15.9 Å². The molecule has 0 spiro atoms. The zero-order valence-corrected chi connectivity index (χ0v) is 10.4. The Balaban J connectivity index is 2.54. The topological polar surface area (TPSA) is 43.6 Å². The Morgan fingerprint density at radius 2 is 2.12 bits per heavy atom. The first kappa shape index (κ1) is 11.2. The van der Waals surface area contributed by atoms with Crippen molar-refractivity contribution in [3.8, 4) is 5.69 Å². The summed E-state index contributed by atoms with van der Waals surface area (Å²) in [6, 6.07) is 4.78. The molecule has 0 fully saturated rings. The molecular formula is C10H10BrFN4. The lowest BCUT2D eigenvalue weighted by Crippen LogP contribution is -2.06. The number of hydrogen-bond donors (Lipinski definition) is 0. The van der Waals surface area contributed by atoms with E-state index < -0.39 is 0 Å². The van der Waals surface area contributed by atoms with Crippen LogP contribution in [0.15, 0.2) is 22.7 Å². The fourth-order valence-electron chi connectivity index (χ4n) is 1.38. The van der Waals surface area contributed by atoms with Crippen molar-refractivity contribution in [1.82, 2.24) is 20.2 Å². The van der Waals surface area contributed by atoms with E-state index in [2.05, 4.69) is 31.5 Å². The summed E-state index contributed by atoms with van der Waals surface area (Å²) in [5.41, 5.74) is 0.358. The Morgan fingerprint density at radius 1 is 1.38 bits per heavy atom. The quantitative estimate of drug-likeness (QED) is 0.852. The van der Waals surface area contributed by atoms with Crippen molar-refractivity contribution in [2.45, 2.75) is 19.8 Å². The van der Waals surface area contributed by atoms with Crippen molar-refractivity contribution < 1.29 is 4.39 Å². The first-order chi connectivity index (χ1) is 7.59. The molecule has 0 aliphatic heterocycles. The molecule has 2 aromatic rings. The SMILES string of the molecule is CC(C)c1nnnn1-c1ccc(Br)cc1F. The highest BCUT2D eigenvalue weighted by atomic mass is 79.9. The van der Waals surface area contributed by atoms with Crippen LogP contribution in [0.3, 0.4) is 0 Å². The van der Waals surface area contributed by atoms with E-state index in [-0.39, 0.29) is 11.7 Å². The van der Waals surface area contributed by atoms with Gasteiger partial charge in [-0.2, -0.15) is 4.68 Å². The standard InChI is InChI=1S/C10H10BrFN4/c1-6(2)10-13-14-15-16(10)9-4-3-7(11)5-8(9)12/h3-6H,1-2H3. The van der Waals surface area contributed by atoms with Gasteiger partial charge in [0.15, 0.2) is 5.82 Å². The van der Waals surface area contributed by atoms with Crippen LogP contribution in [0.5, 0.6) is 0 Å². The molecule has 6 heteroatoms. The van der Waals surface area contributed by atoms with Gasteiger partial charge < -0.3 is 0 Å². The second kappa shape index (κ2) is 4.29. The van der Waals surface area contributed by atoms with Crippen LogP contribution < -0.4 is 0 Å². The van der Waals surface area contributed by atoms with E-state index in [1.54, 1.807) is 12.1 Å². The predicted octanol–water partition coefficient (Wildman–Crippen LogP) is 2.69. The molecule has 0 aliphatic rings. The Morgan fingerprint density at radius 3 is 2.75 bits per heavy atom. The third-order valence-corrected chi connectivity index (χ3v) is 2.64. The smallest absolute Gasteiger partial charge is 0.159 e. The summed E-state index contributed by atoms with van der Waals surface area (Å²) in [5.74, 6) is 0.419. The Bertz CT molecular complexity index is 509. The van der Waals surface area contributed by atoms with Crippen LogP contribution >= 0.6 is 15.9 Å². The number of hydrogen-bond acceptors (Lipinski definition) is 3. The van der Waals surface area contributed by atoms with Crippen LogP contribution in [0.25, 0.3) is 5.69 Å². The molecule has 0 aliphatic carbocycles. The highest BCUT2D eigenvalue weighted by Gasteiger charge is 2.14. The molecule has 0 radical (unpaired) electrons. The van der Waals surface area contributed by atoms with Crippen molar-refractivity contribution in [2.75, 3.05) is 0 Å². The molecule has 0 N–H and O–H groups in total. The van der Waals surface area contributed by atoms with Gasteiger partial charge in [0.25, 0.3) is 0 Å². The van der Waals surface area contributed by atoms with Crippen LogP contribution in [0, 0.1) is 5.82 Å². The summed E-state index contributed by atoms with van der Waals surface area (Å²) in [4.78, 5) is 0. The van der Waals surface area contributed by atoms with E-state index in [0.29, 0.717) is 16.0 Å². The largest absolute Gasteiger partial charge is 0.205 e. The summed E-state index contributed by atoms with van der Waals surface area (Å²) in [7, 11) is 0. The minimum Gasteiger partial charge on any atom is -0.205 e. The first-order valence-electron chi connectivity index (χ1n) is 4.83. The second-order valence-corrected chi connectivity index (χ2v) is 4.61. The van der Waals surface area contributed by atoms with E-state index in [1.165, 1.54) is 10.7 Å². The van der Waals surface area contributed by atoms with Gasteiger partial charge in [0, 0.05) is 10.4 Å². The fraction of sp³-hybridized carbons (Fsp3) is 0.300. The molecule has 4 nitrogen and oxygen atoms in total. The van der Waals surface area contributed by atoms with E-state index in [0.717, 1.165) is 0 Å². The van der Waals surface area contributed by atoms with Crippen molar-refractivity contribution in [2.24, 2.45) is 0 Å². The zero-order chi connectivity index (χ0) is 11.7. The second-order valence-electron chi connectivity index (χ2n) is 3.70. The summed E-state index contributed by atoms with van der Waals surface area (Å²) >= 11 is 3.21. The lowest BCUT2D eigenvalue weighted by Gasteiger charge is -2.07. The van der Waals surface area contributed by atoms with Gasteiger partial charge in [0.05, 0.1) is 0 Å². The Kier molecular flexibility index (Phi) is 3.00. The molecule has 1 heterocycles. The number of rotatable bonds is 2. The highest BCUT2D eigenvalue weighted by molar-refractivity contribution is 9.10. The third-order valence-electron chi connectivity index (χ3n) is 2.15. The van der Waals surface area contributed by atoms with Crippen LogP contribution in [0.4, 0.5) is 4.39 Å². The van der Waals surface area contributed by atoms with Crippen LogP contribution in [-0.2, 0) is 0 Å². The third kappa shape index (κ3) is 1.97. The Labute approximate surface area is 101 Å². The number of tetrazole rings is 1. The number of nitrogens with zero attached hydrogens (tertiary/aromatic N) is 4. The molecule has 16 heavy (non-hydrogen) atoms. The molecule has 2 rings (SSSR count). The fourth-order valence-corrected chi connectivity index (χ4v) is 1.71. The highest BCUT2D eigenvalue weighted by Crippen LogP contribution is 2.20. The molecule has 0 atom stereocenters. The van der Waals surface area contributed by atoms with Gasteiger partial charge in [-0.15, -0.1) is 5.10 Å². The van der Waals surface area contributed by atoms with Gasteiger partial charge in [-0.3, -0.25) is 0 Å². The molecule has 84 valence electrons. The van der Waals surface area contributed by atoms with E-state index in [1.807, 2.05) is 13.8 Å². The van der Waals surface area contributed by atoms with Gasteiger partial charge in [0.2, 0.25) is 0 Å². The normalized spacial score (nSPS) is 11.1. The zero-order valence-electron chi connectivity index (χ0n) is 8.85. The predicted molar refractivity (Wildman–Crippen MR) is 60.9 cm³/mol. The van der Waals surface area contributed by atoms with E-state index in [4.69, 9.17) is 0 Å². The van der Waals surface area contributed by atoms with Crippen molar-refractivity contribution in [3.05, 3.63) is 34.3 Å². The number of halogens is 2. The maximum Gasteiger partial charge on any atom is 0.159 e. The molecular weight excluding hydrogens is 275 g/mol. The lowest BCUT2D eigenvalue weighted by molar-refractivity contribution is 0.596. The first-order valence-corrected chi connectivity index (χ1v) is 5.62. The minimum absolute atomic E-state index is 0.137.